The molecule has 4 aliphatic rings. The molecule has 0 amide bonds. The quantitative estimate of drug-likeness (QED) is 0.242. The lowest BCUT2D eigenvalue weighted by atomic mass is 9.47. The van der Waals surface area contributed by atoms with Crippen molar-refractivity contribution in [3.63, 3.8) is 0 Å². The fraction of sp³-hybridized carbons (Fsp3) is 0.667. The lowest BCUT2D eigenvalue weighted by Gasteiger charge is -2.58. The zero-order valence-electron chi connectivity index (χ0n) is 25.4. The number of ether oxygens (including phenoxy) is 2. The molecule has 0 N–H and O–H groups in total. The first kappa shape index (κ1) is 29.1. The van der Waals surface area contributed by atoms with Gasteiger partial charge in [0.1, 0.15) is 12.2 Å². The lowest BCUT2D eigenvalue weighted by molar-refractivity contribution is -0.148. The van der Waals surface area contributed by atoms with Crippen molar-refractivity contribution in [2.75, 3.05) is 0 Å². The summed E-state index contributed by atoms with van der Waals surface area (Å²) in [6.45, 7) is 15.2. The molecule has 4 aliphatic carbocycles. The van der Waals surface area contributed by atoms with Gasteiger partial charge in [-0.2, -0.15) is 0 Å². The second-order valence-electron chi connectivity index (χ2n) is 14.1. The van der Waals surface area contributed by atoms with Crippen LogP contribution in [0.4, 0.5) is 0 Å². The lowest BCUT2D eigenvalue weighted by Crippen LogP contribution is -2.51. The van der Waals surface area contributed by atoms with Gasteiger partial charge in [-0.05, 0) is 123 Å². The molecule has 0 heterocycles. The summed E-state index contributed by atoms with van der Waals surface area (Å²) < 4.78 is 11.6. The van der Waals surface area contributed by atoms with E-state index in [-0.39, 0.29) is 29.6 Å². The number of esters is 2. The number of fused-ring (bicyclic) bond motifs is 5. The second-order valence-corrected chi connectivity index (χ2v) is 14.1. The molecule has 1 aromatic rings. The second kappa shape index (κ2) is 11.5. The molecular formula is C36H50O4. The summed E-state index contributed by atoms with van der Waals surface area (Å²) in [5, 5.41) is 0. The number of rotatable bonds is 8. The van der Waals surface area contributed by atoms with E-state index in [0.717, 1.165) is 55.4 Å². The van der Waals surface area contributed by atoms with Gasteiger partial charge in [0.2, 0.25) is 0 Å². The molecule has 218 valence electrons. The van der Waals surface area contributed by atoms with E-state index in [1.807, 2.05) is 37.3 Å². The Labute approximate surface area is 242 Å². The maximum absolute atomic E-state index is 12.7. The zero-order valence-corrected chi connectivity index (χ0v) is 25.4. The highest BCUT2D eigenvalue weighted by molar-refractivity contribution is 5.89. The first-order valence-electron chi connectivity index (χ1n) is 15.8. The Hall–Kier alpha value is -2.36. The van der Waals surface area contributed by atoms with Crippen LogP contribution in [0.15, 0.2) is 54.1 Å². The predicted molar refractivity (Wildman–Crippen MR) is 160 cm³/mol. The Morgan fingerprint density at radius 1 is 1.00 bits per heavy atom. The standard InChI is InChI=1S/C36H50O4/c1-23(2)33(40-34(38)26-10-8-7-9-11-26)17-12-24(3)30-15-16-31-29-14-13-27-22-28(39-25(4)37)18-20-35(27,5)32(29)19-21-36(30,31)6/h7-11,13,24,28-33H,1,12,14-22H2,2-6H3/t24-,28+,29+,30-,31+,32+,33-,35+,36-/m1/s1. The highest BCUT2D eigenvalue weighted by Crippen LogP contribution is 2.67. The molecule has 0 aromatic heterocycles. The monoisotopic (exact) mass is 546 g/mol. The van der Waals surface area contributed by atoms with Gasteiger partial charge < -0.3 is 9.47 Å². The summed E-state index contributed by atoms with van der Waals surface area (Å²) in [7, 11) is 0. The number of hydrogen-bond donors (Lipinski definition) is 0. The van der Waals surface area contributed by atoms with Crippen molar-refractivity contribution in [1.29, 1.82) is 0 Å². The fourth-order valence-corrected chi connectivity index (χ4v) is 9.73. The van der Waals surface area contributed by atoms with Crippen LogP contribution in [0.25, 0.3) is 0 Å². The average Bonchev–Trinajstić information content (AvgIpc) is 3.28. The van der Waals surface area contributed by atoms with Gasteiger partial charge in [0, 0.05) is 13.3 Å². The van der Waals surface area contributed by atoms with Crippen LogP contribution >= 0.6 is 0 Å². The Bertz CT molecular complexity index is 1140. The van der Waals surface area contributed by atoms with Crippen molar-refractivity contribution < 1.29 is 19.1 Å². The van der Waals surface area contributed by atoms with Crippen molar-refractivity contribution in [2.45, 2.75) is 111 Å². The number of allylic oxidation sites excluding steroid dienone is 1. The van der Waals surface area contributed by atoms with E-state index in [0.29, 0.717) is 22.8 Å². The van der Waals surface area contributed by atoms with Gasteiger partial charge in [-0.1, -0.05) is 57.2 Å². The van der Waals surface area contributed by atoms with Gasteiger partial charge in [0.25, 0.3) is 0 Å². The molecule has 4 nitrogen and oxygen atoms in total. The molecular weight excluding hydrogens is 496 g/mol. The predicted octanol–water partition coefficient (Wildman–Crippen LogP) is 8.72. The largest absolute Gasteiger partial charge is 0.462 e. The van der Waals surface area contributed by atoms with Crippen molar-refractivity contribution >= 4 is 11.9 Å². The number of hydrogen-bond acceptors (Lipinski definition) is 4. The van der Waals surface area contributed by atoms with Gasteiger partial charge in [-0.25, -0.2) is 4.79 Å². The minimum atomic E-state index is -0.257. The Balaban J connectivity index is 1.23. The summed E-state index contributed by atoms with van der Waals surface area (Å²) >= 11 is 0. The maximum atomic E-state index is 12.7. The number of carbonyl (C=O) groups excluding carboxylic acids is 2. The molecule has 3 fully saturated rings. The molecule has 0 bridgehead atoms. The van der Waals surface area contributed by atoms with Crippen molar-refractivity contribution in [1.82, 2.24) is 0 Å². The van der Waals surface area contributed by atoms with Gasteiger partial charge in [-0.3, -0.25) is 4.79 Å². The Morgan fingerprint density at radius 3 is 2.45 bits per heavy atom. The summed E-state index contributed by atoms with van der Waals surface area (Å²) in [5.41, 5.74) is 3.74. The minimum Gasteiger partial charge on any atom is -0.462 e. The van der Waals surface area contributed by atoms with Crippen LogP contribution < -0.4 is 0 Å². The van der Waals surface area contributed by atoms with Gasteiger partial charge in [0.05, 0.1) is 5.56 Å². The van der Waals surface area contributed by atoms with E-state index in [9.17, 15) is 9.59 Å². The number of benzene rings is 1. The number of carbonyl (C=O) groups is 2. The third kappa shape index (κ3) is 5.44. The van der Waals surface area contributed by atoms with E-state index >= 15 is 0 Å². The van der Waals surface area contributed by atoms with Gasteiger partial charge >= 0.3 is 11.9 Å². The molecule has 0 unspecified atom stereocenters. The van der Waals surface area contributed by atoms with E-state index in [4.69, 9.17) is 9.47 Å². The van der Waals surface area contributed by atoms with E-state index in [2.05, 4.69) is 33.4 Å². The van der Waals surface area contributed by atoms with Crippen LogP contribution in [0.3, 0.4) is 0 Å². The topological polar surface area (TPSA) is 52.6 Å². The molecule has 0 aliphatic heterocycles. The Morgan fingerprint density at radius 2 is 1.75 bits per heavy atom. The van der Waals surface area contributed by atoms with Crippen molar-refractivity contribution in [2.24, 2.45) is 40.4 Å². The van der Waals surface area contributed by atoms with Gasteiger partial charge in [0.15, 0.2) is 0 Å². The summed E-state index contributed by atoms with van der Waals surface area (Å²) in [6, 6.07) is 9.28. The first-order chi connectivity index (χ1) is 19.0. The Kier molecular flexibility index (Phi) is 8.37. The molecule has 0 spiro atoms. The van der Waals surface area contributed by atoms with Crippen LogP contribution in [0.5, 0.6) is 0 Å². The molecule has 40 heavy (non-hydrogen) atoms. The molecule has 1 aromatic carbocycles. The molecule has 0 radical (unpaired) electrons. The summed E-state index contributed by atoms with van der Waals surface area (Å²) in [6.07, 6.45) is 13.8. The van der Waals surface area contributed by atoms with Crippen LogP contribution in [0, 0.1) is 40.4 Å². The normalized spacial score (nSPS) is 36.2. The minimum absolute atomic E-state index is 0.0638. The summed E-state index contributed by atoms with van der Waals surface area (Å²) in [4.78, 5) is 24.3. The third-order valence-corrected chi connectivity index (χ3v) is 11.8. The highest BCUT2D eigenvalue weighted by atomic mass is 16.5. The molecule has 4 heteroatoms. The zero-order chi connectivity index (χ0) is 28.7. The average molecular weight is 547 g/mol. The molecule has 5 rings (SSSR count). The van der Waals surface area contributed by atoms with E-state index in [1.165, 1.54) is 39.0 Å². The molecule has 3 saturated carbocycles. The van der Waals surface area contributed by atoms with Crippen LogP contribution in [0.2, 0.25) is 0 Å². The van der Waals surface area contributed by atoms with Gasteiger partial charge in [-0.15, -0.1) is 0 Å². The van der Waals surface area contributed by atoms with Crippen molar-refractivity contribution in [3.05, 3.63) is 59.7 Å². The van der Waals surface area contributed by atoms with E-state index in [1.54, 1.807) is 5.57 Å². The fourth-order valence-electron chi connectivity index (χ4n) is 9.73. The SMILES string of the molecule is C=C(C)[C@@H](CC[C@@H](C)[C@H]1CC[C@H]2[C@@H]3CC=C4C[C@@H](OC(C)=O)CC[C@]4(C)[C@H]3CC[C@]12C)OC(=O)c1ccccc1. The smallest absolute Gasteiger partial charge is 0.338 e. The van der Waals surface area contributed by atoms with Crippen LogP contribution in [-0.4, -0.2) is 24.1 Å². The maximum Gasteiger partial charge on any atom is 0.338 e. The highest BCUT2D eigenvalue weighted by Gasteiger charge is 2.59. The summed E-state index contributed by atoms with van der Waals surface area (Å²) in [5.74, 6) is 3.21. The molecule has 9 atom stereocenters. The third-order valence-electron chi connectivity index (χ3n) is 11.8. The van der Waals surface area contributed by atoms with Crippen molar-refractivity contribution in [3.8, 4) is 0 Å². The van der Waals surface area contributed by atoms with Crippen LogP contribution in [-0.2, 0) is 14.3 Å². The first-order valence-corrected chi connectivity index (χ1v) is 15.8. The molecule has 0 saturated heterocycles. The van der Waals surface area contributed by atoms with E-state index < -0.39 is 0 Å². The van der Waals surface area contributed by atoms with Crippen LogP contribution in [0.1, 0.15) is 109 Å².